The molecule has 1 fully saturated rings. The van der Waals surface area contributed by atoms with Gasteiger partial charge in [-0.3, -0.25) is 4.79 Å². The molecular formula is C13H16O3. The van der Waals surface area contributed by atoms with Crippen molar-refractivity contribution in [3.8, 4) is 0 Å². The van der Waals surface area contributed by atoms with Gasteiger partial charge in [-0.1, -0.05) is 23.8 Å². The van der Waals surface area contributed by atoms with Gasteiger partial charge in [0.25, 0.3) is 0 Å². The number of ether oxygens (including phenoxy) is 1. The van der Waals surface area contributed by atoms with E-state index in [4.69, 9.17) is 4.74 Å². The molecule has 0 amide bonds. The average molecular weight is 220 g/mol. The molecule has 0 aromatic carbocycles. The summed E-state index contributed by atoms with van der Waals surface area (Å²) >= 11 is 0. The Bertz CT molecular complexity index is 409. The number of esters is 1. The van der Waals surface area contributed by atoms with Crippen LogP contribution in [0.4, 0.5) is 0 Å². The topological polar surface area (TPSA) is 46.5 Å². The van der Waals surface area contributed by atoms with E-state index in [0.717, 1.165) is 6.42 Å². The molecule has 0 heterocycles. The molecule has 0 aromatic rings. The van der Waals surface area contributed by atoms with Crippen molar-refractivity contribution in [3.63, 3.8) is 0 Å². The quantitative estimate of drug-likeness (QED) is 0.535. The SMILES string of the molecule is COC(=O)[C@@]12C=CC(O)C1[C@H]1C[C@@H]2C=C1C. The number of methoxy groups -OCH3 is 1. The number of hydrogen-bond donors (Lipinski definition) is 1. The summed E-state index contributed by atoms with van der Waals surface area (Å²) in [4.78, 5) is 12.0. The van der Waals surface area contributed by atoms with Crippen molar-refractivity contribution in [2.75, 3.05) is 7.11 Å². The minimum atomic E-state index is -0.585. The van der Waals surface area contributed by atoms with Gasteiger partial charge in [0.2, 0.25) is 0 Å². The third-order valence-corrected chi connectivity index (χ3v) is 4.63. The van der Waals surface area contributed by atoms with Crippen molar-refractivity contribution in [2.24, 2.45) is 23.2 Å². The van der Waals surface area contributed by atoms with Gasteiger partial charge in [0.05, 0.1) is 18.6 Å². The lowest BCUT2D eigenvalue weighted by Crippen LogP contribution is -2.43. The van der Waals surface area contributed by atoms with Gasteiger partial charge in [0.1, 0.15) is 0 Å². The lowest BCUT2D eigenvalue weighted by molar-refractivity contribution is -0.154. The minimum absolute atomic E-state index is 0.00468. The van der Waals surface area contributed by atoms with Crippen molar-refractivity contribution in [1.29, 1.82) is 0 Å². The van der Waals surface area contributed by atoms with E-state index >= 15 is 0 Å². The van der Waals surface area contributed by atoms with Gasteiger partial charge >= 0.3 is 5.97 Å². The first-order chi connectivity index (χ1) is 7.61. The fraction of sp³-hybridized carbons (Fsp3) is 0.615. The number of carbonyl (C=O) groups excluding carboxylic acids is 1. The molecular weight excluding hydrogens is 204 g/mol. The Morgan fingerprint density at radius 2 is 2.38 bits per heavy atom. The summed E-state index contributed by atoms with van der Waals surface area (Å²) in [5.74, 6) is 0.356. The zero-order valence-electron chi connectivity index (χ0n) is 9.51. The summed E-state index contributed by atoms with van der Waals surface area (Å²) in [6.45, 7) is 2.09. The fourth-order valence-corrected chi connectivity index (χ4v) is 3.98. The zero-order chi connectivity index (χ0) is 11.5. The molecule has 3 aliphatic rings. The maximum atomic E-state index is 12.0. The zero-order valence-corrected chi connectivity index (χ0v) is 9.51. The first-order valence-electron chi connectivity index (χ1n) is 5.75. The van der Waals surface area contributed by atoms with Crippen LogP contribution >= 0.6 is 0 Å². The molecule has 1 N–H and O–H groups in total. The maximum Gasteiger partial charge on any atom is 0.316 e. The smallest absolute Gasteiger partial charge is 0.316 e. The molecule has 0 saturated heterocycles. The first-order valence-corrected chi connectivity index (χ1v) is 5.75. The lowest BCUT2D eigenvalue weighted by Gasteiger charge is -2.35. The number of aliphatic hydroxyl groups is 1. The lowest BCUT2D eigenvalue weighted by atomic mass is 9.68. The predicted octanol–water partition coefficient (Wildman–Crippen LogP) is 1.29. The van der Waals surface area contributed by atoms with Crippen LogP contribution in [0.15, 0.2) is 23.8 Å². The Morgan fingerprint density at radius 3 is 3.06 bits per heavy atom. The minimum Gasteiger partial charge on any atom is -0.468 e. The summed E-state index contributed by atoms with van der Waals surface area (Å²) < 4.78 is 4.94. The van der Waals surface area contributed by atoms with Gasteiger partial charge in [0.15, 0.2) is 0 Å². The van der Waals surface area contributed by atoms with Crippen LogP contribution in [0.3, 0.4) is 0 Å². The summed E-state index contributed by atoms with van der Waals surface area (Å²) in [5.41, 5.74) is 0.732. The second kappa shape index (κ2) is 2.98. The maximum absolute atomic E-state index is 12.0. The summed E-state index contributed by atoms with van der Waals surface area (Å²) in [6, 6.07) is 0. The Kier molecular flexibility index (Phi) is 1.88. The van der Waals surface area contributed by atoms with Gasteiger partial charge in [-0.15, -0.1) is 0 Å². The molecule has 0 aromatic heterocycles. The molecule has 16 heavy (non-hydrogen) atoms. The molecule has 0 radical (unpaired) electrons. The molecule has 0 aliphatic heterocycles. The molecule has 1 saturated carbocycles. The largest absolute Gasteiger partial charge is 0.468 e. The van der Waals surface area contributed by atoms with Crippen LogP contribution in [0, 0.1) is 23.2 Å². The van der Waals surface area contributed by atoms with Crippen LogP contribution < -0.4 is 0 Å². The summed E-state index contributed by atoms with van der Waals surface area (Å²) in [6.07, 6.45) is 6.29. The summed E-state index contributed by atoms with van der Waals surface area (Å²) in [5, 5.41) is 10.0. The molecule has 3 aliphatic carbocycles. The van der Waals surface area contributed by atoms with Crippen molar-refractivity contribution in [1.82, 2.24) is 0 Å². The number of fused-ring (bicyclic) bond motifs is 5. The summed E-state index contributed by atoms with van der Waals surface area (Å²) in [7, 11) is 1.43. The van der Waals surface area contributed by atoms with Crippen molar-refractivity contribution < 1.29 is 14.6 Å². The van der Waals surface area contributed by atoms with Crippen LogP contribution in [0.5, 0.6) is 0 Å². The van der Waals surface area contributed by atoms with E-state index in [2.05, 4.69) is 13.0 Å². The Morgan fingerprint density at radius 1 is 1.62 bits per heavy atom. The molecule has 0 spiro atoms. The van der Waals surface area contributed by atoms with Gasteiger partial charge in [-0.05, 0) is 25.2 Å². The van der Waals surface area contributed by atoms with Crippen molar-refractivity contribution >= 4 is 5.97 Å². The van der Waals surface area contributed by atoms with Crippen LogP contribution in [-0.4, -0.2) is 24.3 Å². The molecule has 3 rings (SSSR count). The highest BCUT2D eigenvalue weighted by atomic mass is 16.5. The standard InChI is InChI=1S/C13H16O3/c1-7-5-8-6-9(7)11-10(14)3-4-13(8,11)12(15)16-2/h3-5,8-11,14H,6H2,1-2H3/t8-,9-,10?,11?,13+/m0/s1. The second-order valence-corrected chi connectivity index (χ2v) is 5.16. The highest BCUT2D eigenvalue weighted by Gasteiger charge is 2.65. The van der Waals surface area contributed by atoms with Gasteiger partial charge in [-0.2, -0.15) is 0 Å². The third kappa shape index (κ3) is 0.908. The fourth-order valence-electron chi connectivity index (χ4n) is 3.98. The van der Waals surface area contributed by atoms with Crippen LogP contribution in [0.2, 0.25) is 0 Å². The van der Waals surface area contributed by atoms with E-state index in [1.165, 1.54) is 12.7 Å². The monoisotopic (exact) mass is 220 g/mol. The third-order valence-electron chi connectivity index (χ3n) is 4.63. The second-order valence-electron chi connectivity index (χ2n) is 5.16. The normalized spacial score (nSPS) is 48.1. The van der Waals surface area contributed by atoms with E-state index in [0.29, 0.717) is 5.92 Å². The number of allylic oxidation sites excluding steroid dienone is 2. The first kappa shape index (κ1) is 10.1. The molecule has 5 atom stereocenters. The molecule has 86 valence electrons. The van der Waals surface area contributed by atoms with Crippen LogP contribution in [0.25, 0.3) is 0 Å². The molecule has 3 nitrogen and oxygen atoms in total. The molecule has 2 unspecified atom stereocenters. The molecule has 3 heteroatoms. The average Bonchev–Trinajstić information content (AvgIpc) is 2.88. The number of rotatable bonds is 1. The van der Waals surface area contributed by atoms with E-state index in [1.807, 2.05) is 6.08 Å². The Hall–Kier alpha value is -1.09. The van der Waals surface area contributed by atoms with E-state index in [1.54, 1.807) is 6.08 Å². The highest BCUT2D eigenvalue weighted by Crippen LogP contribution is 2.63. The van der Waals surface area contributed by atoms with E-state index in [9.17, 15) is 9.90 Å². The van der Waals surface area contributed by atoms with Crippen LogP contribution in [-0.2, 0) is 9.53 Å². The highest BCUT2D eigenvalue weighted by molar-refractivity contribution is 5.82. The Labute approximate surface area is 94.8 Å². The van der Waals surface area contributed by atoms with E-state index < -0.39 is 11.5 Å². The van der Waals surface area contributed by atoms with Gasteiger partial charge < -0.3 is 9.84 Å². The van der Waals surface area contributed by atoms with Crippen molar-refractivity contribution in [3.05, 3.63) is 23.8 Å². The van der Waals surface area contributed by atoms with Gasteiger partial charge in [0, 0.05) is 5.92 Å². The van der Waals surface area contributed by atoms with Crippen molar-refractivity contribution in [2.45, 2.75) is 19.4 Å². The molecule has 2 bridgehead atoms. The number of carbonyl (C=O) groups is 1. The predicted molar refractivity (Wildman–Crippen MR) is 58.4 cm³/mol. The number of aliphatic hydroxyl groups excluding tert-OH is 1. The Balaban J connectivity index is 2.10. The number of hydrogen-bond acceptors (Lipinski definition) is 3. The van der Waals surface area contributed by atoms with E-state index in [-0.39, 0.29) is 17.8 Å². The van der Waals surface area contributed by atoms with Gasteiger partial charge in [-0.25, -0.2) is 0 Å². The van der Waals surface area contributed by atoms with Crippen LogP contribution in [0.1, 0.15) is 13.3 Å².